The summed E-state index contributed by atoms with van der Waals surface area (Å²) in [5, 5.41) is 10.2. The van der Waals surface area contributed by atoms with Crippen LogP contribution in [0, 0.1) is 12.3 Å². The Hall–Kier alpha value is -2.12. The summed E-state index contributed by atoms with van der Waals surface area (Å²) in [6.07, 6.45) is 4.59. The average Bonchev–Trinajstić information content (AvgIpc) is 2.57. The SMILES string of the molecule is C#CCOCC(O)CN(Cc1ccccc1)Cc1ccccc1. The van der Waals surface area contributed by atoms with Gasteiger partial charge in [0, 0.05) is 19.6 Å². The van der Waals surface area contributed by atoms with Crippen molar-refractivity contribution < 1.29 is 9.84 Å². The molecule has 3 heteroatoms. The van der Waals surface area contributed by atoms with E-state index in [4.69, 9.17) is 11.2 Å². The lowest BCUT2D eigenvalue weighted by atomic mass is 10.1. The van der Waals surface area contributed by atoms with Gasteiger partial charge >= 0.3 is 0 Å². The molecule has 0 bridgehead atoms. The van der Waals surface area contributed by atoms with E-state index in [1.807, 2.05) is 36.4 Å². The zero-order valence-corrected chi connectivity index (χ0v) is 13.3. The van der Waals surface area contributed by atoms with E-state index in [1.165, 1.54) is 11.1 Å². The van der Waals surface area contributed by atoms with Crippen LogP contribution in [0.1, 0.15) is 11.1 Å². The molecule has 1 N–H and O–H groups in total. The number of aliphatic hydroxyl groups excluding tert-OH is 1. The van der Waals surface area contributed by atoms with Crippen LogP contribution in [0.25, 0.3) is 0 Å². The molecule has 0 aliphatic rings. The molecule has 2 aromatic carbocycles. The molecule has 0 aromatic heterocycles. The van der Waals surface area contributed by atoms with Crippen molar-refractivity contribution in [3.63, 3.8) is 0 Å². The minimum Gasteiger partial charge on any atom is -0.389 e. The Kier molecular flexibility index (Phi) is 7.35. The van der Waals surface area contributed by atoms with Crippen molar-refractivity contribution in [1.82, 2.24) is 4.90 Å². The first kappa shape index (κ1) is 17.2. The number of ether oxygens (including phenoxy) is 1. The van der Waals surface area contributed by atoms with Crippen LogP contribution in [0.5, 0.6) is 0 Å². The van der Waals surface area contributed by atoms with Crippen LogP contribution < -0.4 is 0 Å². The molecular formula is C20H23NO2. The topological polar surface area (TPSA) is 32.7 Å². The maximum atomic E-state index is 10.2. The zero-order chi connectivity index (χ0) is 16.3. The van der Waals surface area contributed by atoms with E-state index in [0.717, 1.165) is 13.1 Å². The van der Waals surface area contributed by atoms with Gasteiger partial charge in [-0.15, -0.1) is 6.42 Å². The third-order valence-electron chi connectivity index (χ3n) is 3.46. The predicted molar refractivity (Wildman–Crippen MR) is 92.7 cm³/mol. The molecule has 2 aromatic rings. The fourth-order valence-corrected chi connectivity index (χ4v) is 2.47. The van der Waals surface area contributed by atoms with Crippen LogP contribution in [-0.2, 0) is 17.8 Å². The van der Waals surface area contributed by atoms with Crippen molar-refractivity contribution in [2.24, 2.45) is 0 Å². The predicted octanol–water partition coefficient (Wildman–Crippen LogP) is 2.70. The van der Waals surface area contributed by atoms with E-state index in [2.05, 4.69) is 35.1 Å². The fourth-order valence-electron chi connectivity index (χ4n) is 2.47. The molecule has 0 saturated heterocycles. The van der Waals surface area contributed by atoms with Gasteiger partial charge in [0.2, 0.25) is 0 Å². The Labute approximate surface area is 138 Å². The van der Waals surface area contributed by atoms with Gasteiger partial charge in [-0.25, -0.2) is 0 Å². The summed E-state index contributed by atoms with van der Waals surface area (Å²) < 4.78 is 5.23. The highest BCUT2D eigenvalue weighted by atomic mass is 16.5. The first-order valence-corrected chi connectivity index (χ1v) is 7.77. The molecule has 120 valence electrons. The van der Waals surface area contributed by atoms with Crippen molar-refractivity contribution in [2.75, 3.05) is 19.8 Å². The first-order valence-electron chi connectivity index (χ1n) is 7.77. The summed E-state index contributed by atoms with van der Waals surface area (Å²) in [4.78, 5) is 2.22. The van der Waals surface area contributed by atoms with Gasteiger partial charge in [-0.3, -0.25) is 4.90 Å². The van der Waals surface area contributed by atoms with Gasteiger partial charge in [0.25, 0.3) is 0 Å². The summed E-state index contributed by atoms with van der Waals surface area (Å²) >= 11 is 0. The minimum absolute atomic E-state index is 0.231. The van der Waals surface area contributed by atoms with Gasteiger partial charge in [0.15, 0.2) is 0 Å². The molecule has 3 nitrogen and oxygen atoms in total. The standard InChI is InChI=1S/C20H23NO2/c1-2-13-23-17-20(22)16-21(14-18-9-5-3-6-10-18)15-19-11-7-4-8-12-19/h1,3-12,20,22H,13-17H2. The van der Waals surface area contributed by atoms with Crippen molar-refractivity contribution in [2.45, 2.75) is 19.2 Å². The van der Waals surface area contributed by atoms with E-state index in [0.29, 0.717) is 6.54 Å². The number of aliphatic hydroxyl groups is 1. The Bertz CT molecular complexity index is 551. The molecule has 1 unspecified atom stereocenters. The second kappa shape index (κ2) is 9.81. The van der Waals surface area contributed by atoms with Gasteiger partial charge < -0.3 is 9.84 Å². The van der Waals surface area contributed by atoms with Crippen molar-refractivity contribution in [3.8, 4) is 12.3 Å². The van der Waals surface area contributed by atoms with Gasteiger partial charge in [-0.1, -0.05) is 66.6 Å². The van der Waals surface area contributed by atoms with Crippen molar-refractivity contribution in [3.05, 3.63) is 71.8 Å². The summed E-state index contributed by atoms with van der Waals surface area (Å²) in [6.45, 7) is 2.58. The highest BCUT2D eigenvalue weighted by Crippen LogP contribution is 2.10. The molecule has 0 heterocycles. The van der Waals surface area contributed by atoms with E-state index in [-0.39, 0.29) is 13.2 Å². The lowest BCUT2D eigenvalue weighted by molar-refractivity contribution is 0.0243. The van der Waals surface area contributed by atoms with E-state index in [9.17, 15) is 5.11 Å². The van der Waals surface area contributed by atoms with E-state index >= 15 is 0 Å². The van der Waals surface area contributed by atoms with Crippen LogP contribution in [0.3, 0.4) is 0 Å². The molecule has 0 radical (unpaired) electrons. The second-order valence-corrected chi connectivity index (χ2v) is 5.51. The molecule has 0 aliphatic carbocycles. The maximum absolute atomic E-state index is 10.2. The molecule has 23 heavy (non-hydrogen) atoms. The van der Waals surface area contributed by atoms with Crippen LogP contribution in [0.15, 0.2) is 60.7 Å². The van der Waals surface area contributed by atoms with Crippen LogP contribution in [0.4, 0.5) is 0 Å². The molecular weight excluding hydrogens is 286 g/mol. The maximum Gasteiger partial charge on any atom is 0.107 e. The van der Waals surface area contributed by atoms with Gasteiger partial charge in [0.05, 0.1) is 12.7 Å². The highest BCUT2D eigenvalue weighted by molar-refractivity contribution is 5.17. The fraction of sp³-hybridized carbons (Fsp3) is 0.300. The molecule has 0 aliphatic heterocycles. The second-order valence-electron chi connectivity index (χ2n) is 5.51. The zero-order valence-electron chi connectivity index (χ0n) is 13.3. The normalized spacial score (nSPS) is 12.0. The van der Waals surface area contributed by atoms with Crippen molar-refractivity contribution in [1.29, 1.82) is 0 Å². The van der Waals surface area contributed by atoms with Gasteiger partial charge in [-0.2, -0.15) is 0 Å². The Morgan fingerprint density at radius 3 is 1.96 bits per heavy atom. The Balaban J connectivity index is 1.97. The number of rotatable bonds is 9. The van der Waals surface area contributed by atoms with E-state index < -0.39 is 6.10 Å². The lowest BCUT2D eigenvalue weighted by Gasteiger charge is -2.25. The van der Waals surface area contributed by atoms with Crippen LogP contribution in [0.2, 0.25) is 0 Å². The number of hydrogen-bond donors (Lipinski definition) is 1. The monoisotopic (exact) mass is 309 g/mol. The molecule has 0 fully saturated rings. The average molecular weight is 309 g/mol. The Morgan fingerprint density at radius 2 is 1.48 bits per heavy atom. The molecule has 0 amide bonds. The van der Waals surface area contributed by atoms with Gasteiger partial charge in [-0.05, 0) is 11.1 Å². The summed E-state index contributed by atoms with van der Waals surface area (Å²) in [5.41, 5.74) is 2.44. The smallest absolute Gasteiger partial charge is 0.107 e. The summed E-state index contributed by atoms with van der Waals surface area (Å²) in [6, 6.07) is 20.5. The quantitative estimate of drug-likeness (QED) is 0.571. The van der Waals surface area contributed by atoms with Crippen LogP contribution >= 0.6 is 0 Å². The van der Waals surface area contributed by atoms with E-state index in [1.54, 1.807) is 0 Å². The number of benzene rings is 2. The summed E-state index contributed by atoms with van der Waals surface area (Å²) in [7, 11) is 0. The van der Waals surface area contributed by atoms with Crippen molar-refractivity contribution >= 4 is 0 Å². The highest BCUT2D eigenvalue weighted by Gasteiger charge is 2.13. The molecule has 1 atom stereocenters. The van der Waals surface area contributed by atoms with Gasteiger partial charge in [0.1, 0.15) is 6.61 Å². The summed E-state index contributed by atoms with van der Waals surface area (Å²) in [5.74, 6) is 2.41. The number of terminal acetylenes is 1. The number of nitrogens with zero attached hydrogens (tertiary/aromatic N) is 1. The number of hydrogen-bond acceptors (Lipinski definition) is 3. The first-order chi connectivity index (χ1) is 11.3. The lowest BCUT2D eigenvalue weighted by Crippen LogP contribution is -2.34. The Morgan fingerprint density at radius 1 is 0.957 bits per heavy atom. The minimum atomic E-state index is -0.559. The largest absolute Gasteiger partial charge is 0.389 e. The molecule has 2 rings (SSSR count). The third-order valence-corrected chi connectivity index (χ3v) is 3.46. The molecule has 0 spiro atoms. The van der Waals surface area contributed by atoms with Crippen LogP contribution in [-0.4, -0.2) is 35.9 Å². The molecule has 0 saturated carbocycles. The third kappa shape index (κ3) is 6.66.